The van der Waals surface area contributed by atoms with E-state index in [4.69, 9.17) is 4.74 Å². The number of rotatable bonds is 6. The Labute approximate surface area is 108 Å². The molecule has 0 aromatic heterocycles. The van der Waals surface area contributed by atoms with Gasteiger partial charge in [0.25, 0.3) is 0 Å². The Morgan fingerprint density at radius 3 is 2.56 bits per heavy atom. The lowest BCUT2D eigenvalue weighted by Gasteiger charge is -2.29. The van der Waals surface area contributed by atoms with Gasteiger partial charge in [-0.15, -0.1) is 0 Å². The average Bonchev–Trinajstić information content (AvgIpc) is 2.35. The number of para-hydroxylation sites is 1. The van der Waals surface area contributed by atoms with E-state index in [1.54, 1.807) is 26.2 Å². The maximum Gasteiger partial charge on any atom is 0.328 e. The highest BCUT2D eigenvalue weighted by Gasteiger charge is 2.37. The minimum atomic E-state index is -1.14. The summed E-state index contributed by atoms with van der Waals surface area (Å²) in [5.74, 6) is 0.0460. The van der Waals surface area contributed by atoms with Crippen molar-refractivity contribution < 1.29 is 14.6 Å². The Hall–Kier alpha value is -1.55. The normalized spacial score (nSPS) is 14.3. The van der Waals surface area contributed by atoms with Gasteiger partial charge >= 0.3 is 5.97 Å². The van der Waals surface area contributed by atoms with Crippen LogP contribution >= 0.6 is 0 Å². The van der Waals surface area contributed by atoms with E-state index in [2.05, 4.69) is 5.32 Å². The lowest BCUT2D eigenvalue weighted by atomic mass is 9.90. The molecule has 4 nitrogen and oxygen atoms in total. The molecule has 1 aromatic carbocycles. The van der Waals surface area contributed by atoms with Crippen LogP contribution in [0.1, 0.15) is 26.3 Å². The van der Waals surface area contributed by atoms with Crippen molar-refractivity contribution in [1.29, 1.82) is 0 Å². The third-order valence-corrected chi connectivity index (χ3v) is 2.94. The largest absolute Gasteiger partial charge is 0.496 e. The van der Waals surface area contributed by atoms with Crippen molar-refractivity contribution in [3.8, 4) is 5.75 Å². The summed E-state index contributed by atoms with van der Waals surface area (Å²) >= 11 is 0. The maximum absolute atomic E-state index is 11.6. The van der Waals surface area contributed by atoms with Gasteiger partial charge in [0.2, 0.25) is 0 Å². The monoisotopic (exact) mass is 251 g/mol. The van der Waals surface area contributed by atoms with Gasteiger partial charge < -0.3 is 9.84 Å². The van der Waals surface area contributed by atoms with E-state index < -0.39 is 11.5 Å². The number of hydrogen-bond donors (Lipinski definition) is 2. The van der Waals surface area contributed by atoms with Crippen LogP contribution in [-0.2, 0) is 10.3 Å². The average molecular weight is 251 g/mol. The minimum Gasteiger partial charge on any atom is -0.496 e. The van der Waals surface area contributed by atoms with Crippen LogP contribution in [0.5, 0.6) is 5.75 Å². The molecule has 0 bridgehead atoms. The first-order chi connectivity index (χ1) is 8.41. The SMILES string of the molecule is COc1ccccc1C(C)(NCC(C)C)C(=O)O. The second kappa shape index (κ2) is 5.87. The molecule has 0 aliphatic rings. The Bertz CT molecular complexity index is 417. The first kappa shape index (κ1) is 14.5. The van der Waals surface area contributed by atoms with Gasteiger partial charge in [-0.25, -0.2) is 4.79 Å². The van der Waals surface area contributed by atoms with E-state index in [0.717, 1.165) is 0 Å². The second-order valence-corrected chi connectivity index (χ2v) is 4.91. The summed E-state index contributed by atoms with van der Waals surface area (Å²) in [4.78, 5) is 11.6. The Balaban J connectivity index is 3.14. The number of carboxylic acids is 1. The van der Waals surface area contributed by atoms with Gasteiger partial charge in [-0.1, -0.05) is 32.0 Å². The number of hydrogen-bond acceptors (Lipinski definition) is 3. The zero-order chi connectivity index (χ0) is 13.8. The molecule has 0 spiro atoms. The zero-order valence-corrected chi connectivity index (χ0v) is 11.4. The molecule has 0 saturated heterocycles. The molecule has 0 aliphatic heterocycles. The molecule has 1 atom stereocenters. The lowest BCUT2D eigenvalue weighted by molar-refractivity contribution is -0.144. The Kier molecular flexibility index (Phi) is 4.73. The van der Waals surface area contributed by atoms with E-state index in [1.165, 1.54) is 0 Å². The first-order valence-corrected chi connectivity index (χ1v) is 6.03. The first-order valence-electron chi connectivity index (χ1n) is 6.03. The molecular formula is C14H21NO3. The van der Waals surface area contributed by atoms with Gasteiger partial charge in [-0.2, -0.15) is 0 Å². The molecule has 0 saturated carbocycles. The molecule has 2 N–H and O–H groups in total. The number of aliphatic carboxylic acids is 1. The van der Waals surface area contributed by atoms with Crippen molar-refractivity contribution in [2.45, 2.75) is 26.3 Å². The van der Waals surface area contributed by atoms with Gasteiger partial charge in [-0.05, 0) is 25.5 Å². The van der Waals surface area contributed by atoms with Crippen LogP contribution in [0.25, 0.3) is 0 Å². The van der Waals surface area contributed by atoms with Crippen molar-refractivity contribution in [2.24, 2.45) is 5.92 Å². The van der Waals surface area contributed by atoms with Crippen molar-refractivity contribution >= 4 is 5.97 Å². The van der Waals surface area contributed by atoms with Crippen molar-refractivity contribution in [3.63, 3.8) is 0 Å². The van der Waals surface area contributed by atoms with Crippen LogP contribution in [0.4, 0.5) is 0 Å². The van der Waals surface area contributed by atoms with Crippen LogP contribution in [-0.4, -0.2) is 24.7 Å². The molecule has 1 rings (SSSR count). The highest BCUT2D eigenvalue weighted by molar-refractivity contribution is 5.81. The summed E-state index contributed by atoms with van der Waals surface area (Å²) in [5.41, 5.74) is -0.502. The fraction of sp³-hybridized carbons (Fsp3) is 0.500. The number of carbonyl (C=O) groups is 1. The number of carboxylic acid groups (broad SMARTS) is 1. The summed E-state index contributed by atoms with van der Waals surface area (Å²) in [5, 5.41) is 12.6. The predicted molar refractivity (Wildman–Crippen MR) is 70.8 cm³/mol. The van der Waals surface area contributed by atoms with Crippen LogP contribution in [0.2, 0.25) is 0 Å². The molecule has 0 heterocycles. The molecule has 0 aliphatic carbocycles. The highest BCUT2D eigenvalue weighted by Crippen LogP contribution is 2.30. The number of nitrogens with one attached hydrogen (secondary N) is 1. The summed E-state index contributed by atoms with van der Waals surface area (Å²) < 4.78 is 5.25. The number of ether oxygens (including phenoxy) is 1. The number of methoxy groups -OCH3 is 1. The smallest absolute Gasteiger partial charge is 0.328 e. The van der Waals surface area contributed by atoms with Crippen molar-refractivity contribution in [3.05, 3.63) is 29.8 Å². The van der Waals surface area contributed by atoms with E-state index in [0.29, 0.717) is 23.8 Å². The van der Waals surface area contributed by atoms with Crippen LogP contribution in [0.3, 0.4) is 0 Å². The second-order valence-electron chi connectivity index (χ2n) is 4.91. The van der Waals surface area contributed by atoms with Gasteiger partial charge in [0.05, 0.1) is 7.11 Å². The van der Waals surface area contributed by atoms with Crippen molar-refractivity contribution in [1.82, 2.24) is 5.32 Å². The summed E-state index contributed by atoms with van der Waals surface area (Å²) in [7, 11) is 1.55. The molecule has 0 amide bonds. The third kappa shape index (κ3) is 3.01. The summed E-state index contributed by atoms with van der Waals surface area (Å²) in [6, 6.07) is 7.19. The highest BCUT2D eigenvalue weighted by atomic mass is 16.5. The fourth-order valence-corrected chi connectivity index (χ4v) is 1.75. The molecule has 4 heteroatoms. The molecular weight excluding hydrogens is 230 g/mol. The molecule has 1 aromatic rings. The minimum absolute atomic E-state index is 0.374. The topological polar surface area (TPSA) is 58.6 Å². The zero-order valence-electron chi connectivity index (χ0n) is 11.4. The Morgan fingerprint density at radius 2 is 2.06 bits per heavy atom. The van der Waals surface area contributed by atoms with Crippen LogP contribution in [0, 0.1) is 5.92 Å². The standard InChI is InChI=1S/C14H21NO3/c1-10(2)9-15-14(3,13(16)17)11-7-5-6-8-12(11)18-4/h5-8,10,15H,9H2,1-4H3,(H,16,17). The third-order valence-electron chi connectivity index (χ3n) is 2.94. The number of benzene rings is 1. The van der Waals surface area contributed by atoms with Gasteiger partial charge in [-0.3, -0.25) is 5.32 Å². The lowest BCUT2D eigenvalue weighted by Crippen LogP contribution is -2.48. The van der Waals surface area contributed by atoms with Gasteiger partial charge in [0.1, 0.15) is 11.3 Å². The molecule has 1 unspecified atom stereocenters. The predicted octanol–water partition coefficient (Wildman–Crippen LogP) is 2.24. The van der Waals surface area contributed by atoms with Gasteiger partial charge in [0.15, 0.2) is 0 Å². The quantitative estimate of drug-likeness (QED) is 0.814. The van der Waals surface area contributed by atoms with E-state index >= 15 is 0 Å². The molecule has 0 fully saturated rings. The van der Waals surface area contributed by atoms with E-state index in [1.807, 2.05) is 26.0 Å². The molecule has 100 valence electrons. The molecule has 0 radical (unpaired) electrons. The fourth-order valence-electron chi connectivity index (χ4n) is 1.75. The summed E-state index contributed by atoms with van der Waals surface area (Å²) in [6.07, 6.45) is 0. The van der Waals surface area contributed by atoms with Gasteiger partial charge in [0, 0.05) is 5.56 Å². The van der Waals surface area contributed by atoms with E-state index in [-0.39, 0.29) is 0 Å². The Morgan fingerprint density at radius 1 is 1.44 bits per heavy atom. The van der Waals surface area contributed by atoms with Crippen molar-refractivity contribution in [2.75, 3.05) is 13.7 Å². The van der Waals surface area contributed by atoms with Crippen LogP contribution in [0.15, 0.2) is 24.3 Å². The maximum atomic E-state index is 11.6. The van der Waals surface area contributed by atoms with E-state index in [9.17, 15) is 9.90 Å². The molecule has 18 heavy (non-hydrogen) atoms. The summed E-state index contributed by atoms with van der Waals surface area (Å²) in [6.45, 7) is 6.37. The van der Waals surface area contributed by atoms with Crippen LogP contribution < -0.4 is 10.1 Å².